The maximum absolute atomic E-state index is 6.10. The van der Waals surface area contributed by atoms with Crippen molar-refractivity contribution >= 4 is 40.8 Å². The van der Waals surface area contributed by atoms with E-state index in [-0.39, 0.29) is 12.1 Å². The maximum Gasteiger partial charge on any atom is 0.323 e. The predicted octanol–water partition coefficient (Wildman–Crippen LogP) is 3.75. The molecule has 0 aliphatic carbocycles. The zero-order chi connectivity index (χ0) is 15.4. The summed E-state index contributed by atoms with van der Waals surface area (Å²) >= 11 is 12.1. The normalized spacial score (nSPS) is 10.6. The highest BCUT2D eigenvalue weighted by Gasteiger charge is 2.10. The molecular weight excluding hydrogens is 313 g/mol. The van der Waals surface area contributed by atoms with Crippen molar-refractivity contribution in [2.24, 2.45) is 0 Å². The molecule has 21 heavy (non-hydrogen) atoms. The van der Waals surface area contributed by atoms with Crippen LogP contribution in [0.25, 0.3) is 0 Å². The van der Waals surface area contributed by atoms with Crippen LogP contribution in [0.5, 0.6) is 6.01 Å². The fourth-order valence-electron chi connectivity index (χ4n) is 1.50. The average Bonchev–Trinajstić information content (AvgIpc) is 2.42. The van der Waals surface area contributed by atoms with E-state index in [1.807, 2.05) is 13.8 Å². The first kappa shape index (κ1) is 15.6. The molecule has 0 radical (unpaired) electrons. The fourth-order valence-corrected chi connectivity index (χ4v) is 1.84. The monoisotopic (exact) mass is 327 g/mol. The third-order valence-electron chi connectivity index (χ3n) is 2.35. The third kappa shape index (κ3) is 4.34. The number of nitrogens with one attached hydrogen (secondary N) is 2. The van der Waals surface area contributed by atoms with Crippen LogP contribution in [0.3, 0.4) is 0 Å². The molecule has 0 atom stereocenters. The molecule has 112 valence electrons. The van der Waals surface area contributed by atoms with Gasteiger partial charge in [-0.3, -0.25) is 0 Å². The van der Waals surface area contributed by atoms with Crippen LogP contribution in [0.15, 0.2) is 18.2 Å². The quantitative estimate of drug-likeness (QED) is 0.871. The van der Waals surface area contributed by atoms with Gasteiger partial charge in [-0.05, 0) is 32.0 Å². The molecule has 0 spiro atoms. The summed E-state index contributed by atoms with van der Waals surface area (Å²) in [6.45, 7) is 3.79. The predicted molar refractivity (Wildman–Crippen MR) is 84.9 cm³/mol. The van der Waals surface area contributed by atoms with Gasteiger partial charge in [-0.15, -0.1) is 0 Å². The zero-order valence-corrected chi connectivity index (χ0v) is 13.3. The number of anilines is 3. The van der Waals surface area contributed by atoms with E-state index in [0.29, 0.717) is 27.6 Å². The molecule has 2 aromatic rings. The van der Waals surface area contributed by atoms with Crippen LogP contribution in [-0.4, -0.2) is 28.1 Å². The summed E-state index contributed by atoms with van der Waals surface area (Å²) in [4.78, 5) is 12.5. The van der Waals surface area contributed by atoms with Crippen LogP contribution in [0.4, 0.5) is 17.6 Å². The van der Waals surface area contributed by atoms with Gasteiger partial charge in [0, 0.05) is 12.1 Å². The highest BCUT2D eigenvalue weighted by atomic mass is 35.5. The van der Waals surface area contributed by atoms with Crippen LogP contribution in [0, 0.1) is 0 Å². The summed E-state index contributed by atoms with van der Waals surface area (Å²) in [6, 6.07) is 5.31. The lowest BCUT2D eigenvalue weighted by Gasteiger charge is -2.12. The minimum absolute atomic E-state index is 0.0419. The minimum Gasteiger partial charge on any atom is -0.461 e. The number of rotatable bonds is 5. The van der Waals surface area contributed by atoms with Crippen molar-refractivity contribution in [2.75, 3.05) is 17.7 Å². The van der Waals surface area contributed by atoms with Crippen molar-refractivity contribution in [3.63, 3.8) is 0 Å². The van der Waals surface area contributed by atoms with E-state index in [9.17, 15) is 0 Å². The Morgan fingerprint density at radius 1 is 1.10 bits per heavy atom. The molecule has 1 aromatic carbocycles. The van der Waals surface area contributed by atoms with Gasteiger partial charge in [0.05, 0.1) is 16.8 Å². The van der Waals surface area contributed by atoms with E-state index in [0.717, 1.165) is 0 Å². The van der Waals surface area contributed by atoms with E-state index in [2.05, 4.69) is 25.6 Å². The molecule has 0 fully saturated rings. The standard InChI is InChI=1S/C13H15Cl2N5O/c1-7(2)21-13-19-11(16-3)18-12(20-13)17-10-6-8(14)4-5-9(10)15/h4-7H,1-3H3,(H2,16,17,18,19,20). The molecule has 0 saturated carbocycles. The van der Waals surface area contributed by atoms with E-state index in [1.165, 1.54) is 0 Å². The molecule has 0 aliphatic rings. The molecule has 2 N–H and O–H groups in total. The van der Waals surface area contributed by atoms with E-state index < -0.39 is 0 Å². The lowest BCUT2D eigenvalue weighted by molar-refractivity contribution is 0.222. The van der Waals surface area contributed by atoms with Gasteiger partial charge in [0.15, 0.2) is 0 Å². The highest BCUT2D eigenvalue weighted by molar-refractivity contribution is 6.35. The van der Waals surface area contributed by atoms with Crippen molar-refractivity contribution in [3.8, 4) is 6.01 Å². The first-order chi connectivity index (χ1) is 9.97. The lowest BCUT2D eigenvalue weighted by atomic mass is 10.3. The van der Waals surface area contributed by atoms with Gasteiger partial charge in [-0.1, -0.05) is 23.2 Å². The molecule has 0 amide bonds. The van der Waals surface area contributed by atoms with Crippen molar-refractivity contribution in [3.05, 3.63) is 28.2 Å². The Morgan fingerprint density at radius 3 is 2.48 bits per heavy atom. The average molecular weight is 328 g/mol. The number of hydrogen-bond donors (Lipinski definition) is 2. The molecule has 6 nitrogen and oxygen atoms in total. The Kier molecular flexibility index (Phi) is 5.03. The second-order valence-electron chi connectivity index (χ2n) is 4.43. The van der Waals surface area contributed by atoms with Crippen LogP contribution in [0.1, 0.15) is 13.8 Å². The Labute approximate surface area is 132 Å². The van der Waals surface area contributed by atoms with Gasteiger partial charge in [0.2, 0.25) is 11.9 Å². The second-order valence-corrected chi connectivity index (χ2v) is 5.27. The zero-order valence-electron chi connectivity index (χ0n) is 11.8. The van der Waals surface area contributed by atoms with Crippen molar-refractivity contribution in [1.82, 2.24) is 15.0 Å². The molecule has 0 unspecified atom stereocenters. The molecule has 1 heterocycles. The topological polar surface area (TPSA) is 72.0 Å². The number of aromatic nitrogens is 3. The molecule has 1 aromatic heterocycles. The Hall–Kier alpha value is -1.79. The first-order valence-corrected chi connectivity index (χ1v) is 7.06. The molecule has 0 bridgehead atoms. The summed E-state index contributed by atoms with van der Waals surface area (Å²) in [5.74, 6) is 0.704. The summed E-state index contributed by atoms with van der Waals surface area (Å²) in [5.41, 5.74) is 0.605. The third-order valence-corrected chi connectivity index (χ3v) is 2.92. The Balaban J connectivity index is 2.32. The summed E-state index contributed by atoms with van der Waals surface area (Å²) in [6.07, 6.45) is -0.0419. The number of nitrogens with zero attached hydrogens (tertiary/aromatic N) is 3. The van der Waals surface area contributed by atoms with Crippen LogP contribution >= 0.6 is 23.2 Å². The lowest BCUT2D eigenvalue weighted by Crippen LogP contribution is -2.12. The van der Waals surface area contributed by atoms with Crippen molar-refractivity contribution in [1.29, 1.82) is 0 Å². The molecular formula is C13H15Cl2N5O. The van der Waals surface area contributed by atoms with Gasteiger partial charge in [0.1, 0.15) is 0 Å². The molecule has 8 heteroatoms. The van der Waals surface area contributed by atoms with E-state index >= 15 is 0 Å². The van der Waals surface area contributed by atoms with Gasteiger partial charge in [-0.2, -0.15) is 15.0 Å². The molecule has 2 rings (SSSR count). The smallest absolute Gasteiger partial charge is 0.323 e. The number of hydrogen-bond acceptors (Lipinski definition) is 6. The minimum atomic E-state index is -0.0419. The van der Waals surface area contributed by atoms with Crippen molar-refractivity contribution in [2.45, 2.75) is 20.0 Å². The van der Waals surface area contributed by atoms with Gasteiger partial charge >= 0.3 is 6.01 Å². The van der Waals surface area contributed by atoms with Crippen molar-refractivity contribution < 1.29 is 4.74 Å². The van der Waals surface area contributed by atoms with E-state index in [1.54, 1.807) is 25.2 Å². The summed E-state index contributed by atoms with van der Waals surface area (Å²) in [5, 5.41) is 6.92. The molecule has 0 saturated heterocycles. The number of benzene rings is 1. The van der Waals surface area contributed by atoms with E-state index in [4.69, 9.17) is 27.9 Å². The Bertz CT molecular complexity index is 636. The largest absolute Gasteiger partial charge is 0.461 e. The summed E-state index contributed by atoms with van der Waals surface area (Å²) in [7, 11) is 1.71. The number of halogens is 2. The number of ether oxygens (including phenoxy) is 1. The van der Waals surface area contributed by atoms with Crippen LogP contribution in [0.2, 0.25) is 10.0 Å². The van der Waals surface area contributed by atoms with Crippen LogP contribution < -0.4 is 15.4 Å². The first-order valence-electron chi connectivity index (χ1n) is 6.30. The fraction of sp³-hybridized carbons (Fsp3) is 0.308. The van der Waals surface area contributed by atoms with Crippen LogP contribution in [-0.2, 0) is 0 Å². The van der Waals surface area contributed by atoms with Gasteiger partial charge in [-0.25, -0.2) is 0 Å². The Morgan fingerprint density at radius 2 is 1.81 bits per heavy atom. The van der Waals surface area contributed by atoms with Gasteiger partial charge in [0.25, 0.3) is 0 Å². The van der Waals surface area contributed by atoms with Gasteiger partial charge < -0.3 is 15.4 Å². The summed E-state index contributed by atoms with van der Waals surface area (Å²) < 4.78 is 5.49. The second kappa shape index (κ2) is 6.78. The molecule has 0 aliphatic heterocycles. The SMILES string of the molecule is CNc1nc(Nc2cc(Cl)ccc2Cl)nc(OC(C)C)n1. The maximum atomic E-state index is 6.10. The highest BCUT2D eigenvalue weighted by Crippen LogP contribution is 2.28.